The van der Waals surface area contributed by atoms with Crippen molar-refractivity contribution in [3.63, 3.8) is 0 Å². The van der Waals surface area contributed by atoms with Gasteiger partial charge in [0, 0.05) is 0 Å². The Bertz CT molecular complexity index is 423. The lowest BCUT2D eigenvalue weighted by Gasteiger charge is -2.27. The van der Waals surface area contributed by atoms with Gasteiger partial charge in [0.05, 0.1) is 12.1 Å². The van der Waals surface area contributed by atoms with Crippen molar-refractivity contribution in [2.24, 2.45) is 0 Å². The highest BCUT2D eigenvalue weighted by atomic mass is 19.4. The van der Waals surface area contributed by atoms with Crippen molar-refractivity contribution in [2.45, 2.75) is 38.6 Å². The first-order valence-electron chi connectivity index (χ1n) is 5.42. The zero-order valence-corrected chi connectivity index (χ0v) is 10.6. The zero-order valence-electron chi connectivity index (χ0n) is 10.6. The van der Waals surface area contributed by atoms with Gasteiger partial charge in [0.25, 0.3) is 0 Å². The number of carbonyl (C=O) groups is 2. The molecule has 0 aliphatic carbocycles. The van der Waals surface area contributed by atoms with Crippen LogP contribution in [0.5, 0.6) is 0 Å². The first-order chi connectivity index (χ1) is 8.42. The highest BCUT2D eigenvalue weighted by Crippen LogP contribution is 2.32. The van der Waals surface area contributed by atoms with Crippen LogP contribution < -0.4 is 0 Å². The Kier molecular flexibility index (Phi) is 3.83. The molecule has 0 spiro atoms. The van der Waals surface area contributed by atoms with Crippen LogP contribution in [-0.4, -0.2) is 46.4 Å². The molecule has 1 aliphatic heterocycles. The Hall–Kier alpha value is -1.73. The van der Waals surface area contributed by atoms with Crippen molar-refractivity contribution in [2.75, 3.05) is 6.54 Å². The summed E-state index contributed by atoms with van der Waals surface area (Å²) in [5.41, 5.74) is -1.98. The first kappa shape index (κ1) is 15.3. The summed E-state index contributed by atoms with van der Waals surface area (Å²) >= 11 is 0. The number of rotatable bonds is 1. The molecule has 1 unspecified atom stereocenters. The van der Waals surface area contributed by atoms with Crippen LogP contribution in [0.2, 0.25) is 0 Å². The van der Waals surface area contributed by atoms with Crippen molar-refractivity contribution in [1.82, 2.24) is 4.90 Å². The van der Waals surface area contributed by atoms with Crippen LogP contribution in [0, 0.1) is 0 Å². The minimum atomic E-state index is -4.66. The van der Waals surface area contributed by atoms with Crippen molar-refractivity contribution < 1.29 is 32.6 Å². The lowest BCUT2D eigenvalue weighted by atomic mass is 10.2. The van der Waals surface area contributed by atoms with Crippen LogP contribution in [0.15, 0.2) is 11.6 Å². The highest BCUT2D eigenvalue weighted by Gasteiger charge is 2.45. The fourth-order valence-electron chi connectivity index (χ4n) is 1.50. The molecule has 0 radical (unpaired) electrons. The van der Waals surface area contributed by atoms with Gasteiger partial charge >= 0.3 is 18.2 Å². The van der Waals surface area contributed by atoms with Gasteiger partial charge in [0.15, 0.2) is 6.04 Å². The standard InChI is InChI=1S/C11H14F3NO4/c1-10(2,3)19-9(18)15-5-6(11(12,13)14)4-7(15)8(16)17/h4,7H,5H2,1-3H3,(H,16,17). The van der Waals surface area contributed by atoms with Gasteiger partial charge in [-0.25, -0.2) is 9.59 Å². The molecule has 0 aromatic heterocycles. The zero-order chi connectivity index (χ0) is 15.0. The van der Waals surface area contributed by atoms with Gasteiger partial charge in [-0.3, -0.25) is 4.90 Å². The summed E-state index contributed by atoms with van der Waals surface area (Å²) in [5, 5.41) is 8.85. The largest absolute Gasteiger partial charge is 0.479 e. The second-order valence-corrected chi connectivity index (χ2v) is 5.08. The van der Waals surface area contributed by atoms with E-state index in [0.717, 1.165) is 0 Å². The van der Waals surface area contributed by atoms with Crippen LogP contribution in [0.25, 0.3) is 0 Å². The molecule has 19 heavy (non-hydrogen) atoms. The van der Waals surface area contributed by atoms with E-state index < -0.39 is 42.0 Å². The predicted molar refractivity (Wildman–Crippen MR) is 58.5 cm³/mol. The molecule has 1 N–H and O–H groups in total. The van der Waals surface area contributed by atoms with Gasteiger partial charge in [0.2, 0.25) is 0 Å². The third-order valence-electron chi connectivity index (χ3n) is 2.28. The topological polar surface area (TPSA) is 66.8 Å². The molecule has 1 rings (SSSR count). The number of hydrogen-bond donors (Lipinski definition) is 1. The highest BCUT2D eigenvalue weighted by molar-refractivity contribution is 5.83. The molecule has 108 valence electrons. The quantitative estimate of drug-likeness (QED) is 0.748. The molecular formula is C11H14F3NO4. The molecule has 0 saturated heterocycles. The van der Waals surface area contributed by atoms with E-state index in [1.165, 1.54) is 20.8 Å². The van der Waals surface area contributed by atoms with E-state index in [2.05, 4.69) is 0 Å². The number of carboxylic acid groups (broad SMARTS) is 1. The van der Waals surface area contributed by atoms with Crippen LogP contribution in [0.1, 0.15) is 20.8 Å². The van der Waals surface area contributed by atoms with Crippen molar-refractivity contribution in [3.05, 3.63) is 11.6 Å². The van der Waals surface area contributed by atoms with Crippen molar-refractivity contribution >= 4 is 12.1 Å². The van der Waals surface area contributed by atoms with E-state index in [0.29, 0.717) is 11.0 Å². The number of amides is 1. The molecule has 5 nitrogen and oxygen atoms in total. The normalized spacial score (nSPS) is 20.2. The van der Waals surface area contributed by atoms with Crippen LogP contribution in [0.3, 0.4) is 0 Å². The minimum Gasteiger partial charge on any atom is -0.479 e. The van der Waals surface area contributed by atoms with Gasteiger partial charge < -0.3 is 9.84 Å². The van der Waals surface area contributed by atoms with Gasteiger partial charge in [-0.15, -0.1) is 0 Å². The van der Waals surface area contributed by atoms with E-state index in [-0.39, 0.29) is 0 Å². The molecule has 0 saturated carbocycles. The first-order valence-corrected chi connectivity index (χ1v) is 5.42. The number of alkyl halides is 3. The molecule has 1 aliphatic rings. The smallest absolute Gasteiger partial charge is 0.414 e. The summed E-state index contributed by atoms with van der Waals surface area (Å²) in [7, 11) is 0. The second kappa shape index (κ2) is 4.75. The maximum atomic E-state index is 12.5. The summed E-state index contributed by atoms with van der Waals surface area (Å²) in [6.45, 7) is 3.79. The average Bonchev–Trinajstić information content (AvgIpc) is 2.57. The summed E-state index contributed by atoms with van der Waals surface area (Å²) < 4.78 is 42.5. The SMILES string of the molecule is CC(C)(C)OC(=O)N1CC(C(F)(F)F)=CC1C(=O)O. The molecule has 0 bridgehead atoms. The average molecular weight is 281 g/mol. The van der Waals surface area contributed by atoms with Gasteiger partial charge in [-0.2, -0.15) is 13.2 Å². The van der Waals surface area contributed by atoms with Crippen molar-refractivity contribution in [1.29, 1.82) is 0 Å². The molecule has 0 fully saturated rings. The maximum absolute atomic E-state index is 12.5. The molecule has 8 heteroatoms. The fraction of sp³-hybridized carbons (Fsp3) is 0.636. The van der Waals surface area contributed by atoms with Gasteiger partial charge in [-0.1, -0.05) is 0 Å². The number of carbonyl (C=O) groups excluding carboxylic acids is 1. The van der Waals surface area contributed by atoms with Crippen LogP contribution in [0.4, 0.5) is 18.0 Å². The monoisotopic (exact) mass is 281 g/mol. The number of aliphatic carboxylic acids is 1. The third-order valence-corrected chi connectivity index (χ3v) is 2.28. The lowest BCUT2D eigenvalue weighted by molar-refractivity contribution is -0.140. The summed E-state index contributed by atoms with van der Waals surface area (Å²) in [4.78, 5) is 23.1. The summed E-state index contributed by atoms with van der Waals surface area (Å²) in [5.74, 6) is -1.54. The predicted octanol–water partition coefficient (Wildman–Crippen LogP) is 2.18. The Labute approximate surface area is 107 Å². The third kappa shape index (κ3) is 3.87. The number of carboxylic acids is 1. The Balaban J connectivity index is 2.92. The molecular weight excluding hydrogens is 267 g/mol. The van der Waals surface area contributed by atoms with Crippen molar-refractivity contribution in [3.8, 4) is 0 Å². The number of halogens is 3. The maximum Gasteiger partial charge on any atom is 0.414 e. The molecule has 0 aromatic carbocycles. The van der Waals surface area contributed by atoms with E-state index in [1.54, 1.807) is 0 Å². The fourth-order valence-corrected chi connectivity index (χ4v) is 1.50. The van der Waals surface area contributed by atoms with E-state index in [1.807, 2.05) is 0 Å². The second-order valence-electron chi connectivity index (χ2n) is 5.08. The Morgan fingerprint density at radius 1 is 1.37 bits per heavy atom. The lowest BCUT2D eigenvalue weighted by Crippen LogP contribution is -2.44. The van der Waals surface area contributed by atoms with E-state index in [4.69, 9.17) is 9.84 Å². The Morgan fingerprint density at radius 2 is 1.89 bits per heavy atom. The molecule has 1 heterocycles. The number of nitrogens with zero attached hydrogens (tertiary/aromatic N) is 1. The summed E-state index contributed by atoms with van der Waals surface area (Å²) in [6.07, 6.45) is -5.23. The minimum absolute atomic E-state index is 0.520. The van der Waals surface area contributed by atoms with E-state index in [9.17, 15) is 22.8 Å². The van der Waals surface area contributed by atoms with Gasteiger partial charge in [0.1, 0.15) is 5.60 Å². The van der Waals surface area contributed by atoms with Crippen LogP contribution in [-0.2, 0) is 9.53 Å². The Morgan fingerprint density at radius 3 is 2.26 bits per heavy atom. The van der Waals surface area contributed by atoms with Gasteiger partial charge in [-0.05, 0) is 26.8 Å². The molecule has 1 amide bonds. The number of ether oxygens (including phenoxy) is 1. The molecule has 0 aromatic rings. The molecule has 1 atom stereocenters. The summed E-state index contributed by atoms with van der Waals surface area (Å²) in [6, 6.07) is -1.66. The number of hydrogen-bond acceptors (Lipinski definition) is 3. The van der Waals surface area contributed by atoms with E-state index >= 15 is 0 Å². The van der Waals surface area contributed by atoms with Crippen LogP contribution >= 0.6 is 0 Å².